The van der Waals surface area contributed by atoms with Crippen molar-refractivity contribution in [1.29, 1.82) is 0 Å². The van der Waals surface area contributed by atoms with Crippen LogP contribution in [0.25, 0.3) is 16.7 Å². The second kappa shape index (κ2) is 6.91. The van der Waals surface area contributed by atoms with Crippen molar-refractivity contribution in [2.45, 2.75) is 57.7 Å². The molecule has 29 heavy (non-hydrogen) atoms. The number of rotatable bonds is 3. The van der Waals surface area contributed by atoms with Crippen LogP contribution >= 0.6 is 0 Å². The van der Waals surface area contributed by atoms with E-state index in [4.69, 9.17) is 0 Å². The van der Waals surface area contributed by atoms with Crippen LogP contribution in [-0.4, -0.2) is 43.9 Å². The summed E-state index contributed by atoms with van der Waals surface area (Å²) in [6.45, 7) is 8.99. The maximum atomic E-state index is 12.0. The standard InChI is InChI=1S/C22H28N6O/c1-21(2)12-15(13-22(3,4)26-21)27(5)18-10-11-19(25-24-18)28-14-23-20(29)16-8-6-7-9-17(16)28/h6-11,14-15,26H,12-13H2,1-5H3. The third-order valence-corrected chi connectivity index (χ3v) is 5.65. The lowest BCUT2D eigenvalue weighted by atomic mass is 9.79. The summed E-state index contributed by atoms with van der Waals surface area (Å²) in [7, 11) is 2.09. The van der Waals surface area contributed by atoms with Crippen molar-refractivity contribution in [2.75, 3.05) is 11.9 Å². The smallest absolute Gasteiger partial charge is 0.280 e. The van der Waals surface area contributed by atoms with E-state index in [-0.39, 0.29) is 16.6 Å². The minimum absolute atomic E-state index is 0.0640. The van der Waals surface area contributed by atoms with Crippen molar-refractivity contribution in [2.24, 2.45) is 0 Å². The van der Waals surface area contributed by atoms with E-state index in [1.807, 2.05) is 30.3 Å². The summed E-state index contributed by atoms with van der Waals surface area (Å²) in [6.07, 6.45) is 3.57. The van der Waals surface area contributed by atoms with E-state index < -0.39 is 0 Å². The molecular weight excluding hydrogens is 364 g/mol. The van der Waals surface area contributed by atoms with Gasteiger partial charge in [-0.2, -0.15) is 4.98 Å². The van der Waals surface area contributed by atoms with Crippen LogP contribution in [0, 0.1) is 0 Å². The average Bonchev–Trinajstić information content (AvgIpc) is 2.66. The van der Waals surface area contributed by atoms with Crippen molar-refractivity contribution < 1.29 is 0 Å². The van der Waals surface area contributed by atoms with Crippen LogP contribution in [0.3, 0.4) is 0 Å². The van der Waals surface area contributed by atoms with Gasteiger partial charge in [0.2, 0.25) is 0 Å². The van der Waals surface area contributed by atoms with Gasteiger partial charge in [-0.05, 0) is 64.8 Å². The molecule has 4 rings (SSSR count). The number of nitrogens with one attached hydrogen (secondary N) is 1. The van der Waals surface area contributed by atoms with E-state index in [1.54, 1.807) is 10.6 Å². The van der Waals surface area contributed by atoms with Gasteiger partial charge < -0.3 is 10.2 Å². The zero-order valence-corrected chi connectivity index (χ0v) is 17.7. The second-order valence-electron chi connectivity index (χ2n) is 9.25. The molecule has 1 fully saturated rings. The molecule has 1 saturated heterocycles. The van der Waals surface area contributed by atoms with E-state index in [2.05, 4.69) is 60.1 Å². The van der Waals surface area contributed by atoms with Gasteiger partial charge in [-0.15, -0.1) is 10.2 Å². The monoisotopic (exact) mass is 392 g/mol. The minimum Gasteiger partial charge on any atom is -0.355 e. The van der Waals surface area contributed by atoms with Gasteiger partial charge in [-0.1, -0.05) is 12.1 Å². The molecule has 1 N–H and O–H groups in total. The number of fused-ring (bicyclic) bond motifs is 1. The molecule has 0 radical (unpaired) electrons. The van der Waals surface area contributed by atoms with Crippen LogP contribution < -0.4 is 15.8 Å². The summed E-state index contributed by atoms with van der Waals surface area (Å²) >= 11 is 0. The largest absolute Gasteiger partial charge is 0.355 e. The Kier molecular flexibility index (Phi) is 4.65. The third kappa shape index (κ3) is 3.87. The van der Waals surface area contributed by atoms with Gasteiger partial charge in [0.1, 0.15) is 6.33 Å². The molecule has 0 saturated carbocycles. The molecule has 3 heterocycles. The first-order chi connectivity index (χ1) is 13.7. The molecule has 152 valence electrons. The first-order valence-electron chi connectivity index (χ1n) is 9.98. The highest BCUT2D eigenvalue weighted by Gasteiger charge is 2.39. The molecule has 2 aromatic heterocycles. The predicted octanol–water partition coefficient (Wildman–Crippen LogP) is 2.92. The van der Waals surface area contributed by atoms with E-state index in [1.165, 1.54) is 6.33 Å². The average molecular weight is 393 g/mol. The molecule has 0 atom stereocenters. The summed E-state index contributed by atoms with van der Waals surface area (Å²) in [5, 5.41) is 13.2. The van der Waals surface area contributed by atoms with Gasteiger partial charge >= 0.3 is 0 Å². The minimum atomic E-state index is -0.239. The van der Waals surface area contributed by atoms with E-state index in [9.17, 15) is 4.79 Å². The Hall–Kier alpha value is -2.80. The van der Waals surface area contributed by atoms with Crippen molar-refractivity contribution in [3.8, 4) is 5.82 Å². The topological polar surface area (TPSA) is 75.9 Å². The maximum Gasteiger partial charge on any atom is 0.280 e. The van der Waals surface area contributed by atoms with Crippen LogP contribution in [-0.2, 0) is 0 Å². The number of nitrogens with zero attached hydrogens (tertiary/aromatic N) is 5. The molecule has 3 aromatic rings. The molecule has 1 aliphatic rings. The zero-order valence-electron chi connectivity index (χ0n) is 17.7. The number of piperidine rings is 1. The van der Waals surface area contributed by atoms with E-state index >= 15 is 0 Å². The molecular formula is C22H28N6O. The fourth-order valence-corrected chi connectivity index (χ4v) is 4.65. The van der Waals surface area contributed by atoms with Crippen LogP contribution in [0.4, 0.5) is 5.82 Å². The lowest BCUT2D eigenvalue weighted by Gasteiger charge is -2.49. The molecule has 0 spiro atoms. The van der Waals surface area contributed by atoms with Crippen LogP contribution in [0.5, 0.6) is 0 Å². The summed E-state index contributed by atoms with van der Waals surface area (Å²) in [4.78, 5) is 18.2. The number of hydrogen-bond acceptors (Lipinski definition) is 6. The number of anilines is 1. The van der Waals surface area contributed by atoms with Crippen molar-refractivity contribution in [1.82, 2.24) is 25.1 Å². The normalized spacial score (nSPS) is 18.7. The lowest BCUT2D eigenvalue weighted by molar-refractivity contribution is 0.160. The summed E-state index contributed by atoms with van der Waals surface area (Å²) < 4.78 is 1.80. The summed E-state index contributed by atoms with van der Waals surface area (Å²) in [5.41, 5.74) is 0.658. The number of para-hydroxylation sites is 1. The summed E-state index contributed by atoms with van der Waals surface area (Å²) in [5.74, 6) is 1.47. The van der Waals surface area contributed by atoms with Gasteiger partial charge in [0, 0.05) is 24.2 Å². The number of aromatic nitrogens is 4. The molecule has 1 aromatic carbocycles. The Morgan fingerprint density at radius 1 is 1.03 bits per heavy atom. The second-order valence-corrected chi connectivity index (χ2v) is 9.25. The van der Waals surface area contributed by atoms with E-state index in [0.29, 0.717) is 17.2 Å². The van der Waals surface area contributed by atoms with Crippen molar-refractivity contribution in [3.05, 3.63) is 53.1 Å². The molecule has 7 nitrogen and oxygen atoms in total. The van der Waals surface area contributed by atoms with E-state index in [0.717, 1.165) is 24.2 Å². The Balaban J connectivity index is 1.64. The molecule has 0 amide bonds. The molecule has 0 bridgehead atoms. The van der Waals surface area contributed by atoms with Gasteiger partial charge in [-0.3, -0.25) is 9.36 Å². The maximum absolute atomic E-state index is 12.0. The highest BCUT2D eigenvalue weighted by molar-refractivity contribution is 5.79. The van der Waals surface area contributed by atoms with Crippen LogP contribution in [0.15, 0.2) is 47.5 Å². The third-order valence-electron chi connectivity index (χ3n) is 5.65. The predicted molar refractivity (Wildman–Crippen MR) is 116 cm³/mol. The highest BCUT2D eigenvalue weighted by Crippen LogP contribution is 2.32. The quantitative estimate of drug-likeness (QED) is 0.739. The van der Waals surface area contributed by atoms with Gasteiger partial charge in [0.05, 0.1) is 10.9 Å². The Morgan fingerprint density at radius 2 is 1.72 bits per heavy atom. The lowest BCUT2D eigenvalue weighted by Crippen LogP contribution is -2.62. The Bertz CT molecular complexity index is 1070. The summed E-state index contributed by atoms with van der Waals surface area (Å²) in [6, 6.07) is 11.7. The zero-order chi connectivity index (χ0) is 20.8. The van der Waals surface area contributed by atoms with Gasteiger partial charge in [0.25, 0.3) is 5.56 Å². The molecule has 1 aliphatic heterocycles. The Labute approximate surface area is 170 Å². The number of benzene rings is 1. The van der Waals surface area contributed by atoms with Crippen molar-refractivity contribution in [3.63, 3.8) is 0 Å². The fraction of sp³-hybridized carbons (Fsp3) is 0.455. The first-order valence-corrected chi connectivity index (χ1v) is 9.98. The van der Waals surface area contributed by atoms with Gasteiger partial charge in [0.15, 0.2) is 11.6 Å². The Morgan fingerprint density at radius 3 is 2.38 bits per heavy atom. The van der Waals surface area contributed by atoms with Crippen LogP contribution in [0.2, 0.25) is 0 Å². The highest BCUT2D eigenvalue weighted by atomic mass is 16.1. The SMILES string of the molecule is CN(c1ccc(-n2cnc(=O)c3ccccc32)nn1)C1CC(C)(C)NC(C)(C)C1. The molecule has 0 unspecified atom stereocenters. The van der Waals surface area contributed by atoms with Crippen LogP contribution in [0.1, 0.15) is 40.5 Å². The first kappa shape index (κ1) is 19.5. The van der Waals surface area contributed by atoms with Crippen molar-refractivity contribution >= 4 is 16.7 Å². The molecule has 0 aliphatic carbocycles. The molecule has 7 heteroatoms. The number of hydrogen-bond donors (Lipinski definition) is 1. The van der Waals surface area contributed by atoms with Gasteiger partial charge in [-0.25, -0.2) is 0 Å². The fourth-order valence-electron chi connectivity index (χ4n) is 4.65.